The third kappa shape index (κ3) is 3.73. The van der Waals surface area contributed by atoms with Crippen molar-refractivity contribution in [2.75, 3.05) is 26.8 Å². The molecule has 1 aliphatic heterocycles. The Morgan fingerprint density at radius 1 is 1.25 bits per heavy atom. The molecule has 2 rings (SSSR count). The maximum atomic E-state index is 12.5. The van der Waals surface area contributed by atoms with Crippen molar-refractivity contribution in [2.45, 2.75) is 23.6 Å². The fraction of sp³-hybridized carbons (Fsp3) is 0.571. The van der Waals surface area contributed by atoms with Crippen molar-refractivity contribution in [3.8, 4) is 0 Å². The van der Waals surface area contributed by atoms with Crippen LogP contribution in [0.15, 0.2) is 29.2 Å². The Bertz CT molecular complexity index is 524. The number of sulfonamides is 1. The Balaban J connectivity index is 2.07. The summed E-state index contributed by atoms with van der Waals surface area (Å²) in [6.07, 6.45) is 1.84. The zero-order valence-electron chi connectivity index (χ0n) is 11.6. The van der Waals surface area contributed by atoms with Crippen LogP contribution in [0.2, 0.25) is 0 Å². The minimum atomic E-state index is -3.41. The van der Waals surface area contributed by atoms with Crippen molar-refractivity contribution in [1.29, 1.82) is 0 Å². The highest BCUT2D eigenvalue weighted by atomic mass is 35.5. The van der Waals surface area contributed by atoms with Crippen LogP contribution in [0, 0.1) is 5.92 Å². The molecule has 0 aromatic heterocycles. The second kappa shape index (κ2) is 6.89. The molecule has 1 fully saturated rings. The SMILES string of the molecule is CN(CC1CCOCC1)S(=O)(=O)c1ccc(CCl)cc1. The molecule has 0 radical (unpaired) electrons. The first-order valence-electron chi connectivity index (χ1n) is 6.73. The maximum absolute atomic E-state index is 12.5. The summed E-state index contributed by atoms with van der Waals surface area (Å²) in [5.41, 5.74) is 0.915. The standard InChI is InChI=1S/C14H20ClNO3S/c1-16(11-13-6-8-19-9-7-13)20(17,18)14-4-2-12(10-15)3-5-14/h2-5,13H,6-11H2,1H3. The Hall–Kier alpha value is -0.620. The van der Waals surface area contributed by atoms with Gasteiger partial charge in [0.05, 0.1) is 4.90 Å². The maximum Gasteiger partial charge on any atom is 0.242 e. The lowest BCUT2D eigenvalue weighted by Crippen LogP contribution is -2.34. The van der Waals surface area contributed by atoms with Crippen molar-refractivity contribution < 1.29 is 13.2 Å². The van der Waals surface area contributed by atoms with E-state index in [2.05, 4.69) is 0 Å². The zero-order chi connectivity index (χ0) is 14.6. The average Bonchev–Trinajstić information content (AvgIpc) is 2.48. The van der Waals surface area contributed by atoms with Gasteiger partial charge in [-0.15, -0.1) is 11.6 Å². The van der Waals surface area contributed by atoms with Crippen LogP contribution in [0.3, 0.4) is 0 Å². The molecule has 1 aromatic rings. The smallest absolute Gasteiger partial charge is 0.242 e. The summed E-state index contributed by atoms with van der Waals surface area (Å²) in [7, 11) is -1.77. The van der Waals surface area contributed by atoms with Crippen LogP contribution in [0.5, 0.6) is 0 Å². The van der Waals surface area contributed by atoms with Crippen molar-refractivity contribution in [3.05, 3.63) is 29.8 Å². The van der Waals surface area contributed by atoms with Crippen LogP contribution in [0.4, 0.5) is 0 Å². The molecule has 0 aliphatic carbocycles. The Morgan fingerprint density at radius 2 is 1.85 bits per heavy atom. The van der Waals surface area contributed by atoms with Crippen LogP contribution < -0.4 is 0 Å². The third-order valence-corrected chi connectivity index (χ3v) is 5.79. The Labute approximate surface area is 125 Å². The summed E-state index contributed by atoms with van der Waals surface area (Å²) in [6, 6.07) is 6.74. The third-order valence-electron chi connectivity index (χ3n) is 3.64. The van der Waals surface area contributed by atoms with E-state index >= 15 is 0 Å². The summed E-state index contributed by atoms with van der Waals surface area (Å²) < 4.78 is 31.7. The molecule has 0 saturated carbocycles. The molecular weight excluding hydrogens is 298 g/mol. The molecule has 1 heterocycles. The molecular formula is C14H20ClNO3S. The summed E-state index contributed by atoms with van der Waals surface area (Å²) in [5, 5.41) is 0. The number of ether oxygens (including phenoxy) is 1. The largest absolute Gasteiger partial charge is 0.381 e. The highest BCUT2D eigenvalue weighted by Gasteiger charge is 2.24. The van der Waals surface area contributed by atoms with E-state index in [4.69, 9.17) is 16.3 Å². The molecule has 112 valence electrons. The van der Waals surface area contributed by atoms with Gasteiger partial charge >= 0.3 is 0 Å². The highest BCUT2D eigenvalue weighted by molar-refractivity contribution is 7.89. The second-order valence-electron chi connectivity index (χ2n) is 5.12. The highest BCUT2D eigenvalue weighted by Crippen LogP contribution is 2.21. The minimum Gasteiger partial charge on any atom is -0.381 e. The molecule has 0 atom stereocenters. The van der Waals surface area contributed by atoms with Crippen LogP contribution in [-0.4, -0.2) is 39.5 Å². The molecule has 1 aromatic carbocycles. The molecule has 1 aliphatic rings. The van der Waals surface area contributed by atoms with Crippen LogP contribution in [-0.2, 0) is 20.6 Å². The van der Waals surface area contributed by atoms with Gasteiger partial charge < -0.3 is 4.74 Å². The van der Waals surface area contributed by atoms with E-state index in [1.165, 1.54) is 4.31 Å². The van der Waals surface area contributed by atoms with Crippen molar-refractivity contribution in [2.24, 2.45) is 5.92 Å². The summed E-state index contributed by atoms with van der Waals surface area (Å²) >= 11 is 5.71. The number of hydrogen-bond donors (Lipinski definition) is 0. The fourth-order valence-electron chi connectivity index (χ4n) is 2.32. The van der Waals surface area contributed by atoms with Gasteiger partial charge in [0.15, 0.2) is 0 Å². The number of nitrogens with zero attached hydrogens (tertiary/aromatic N) is 1. The van der Waals surface area contributed by atoms with E-state index < -0.39 is 10.0 Å². The van der Waals surface area contributed by atoms with Gasteiger partial charge in [-0.2, -0.15) is 0 Å². The molecule has 6 heteroatoms. The van der Waals surface area contributed by atoms with Gasteiger partial charge in [0.2, 0.25) is 10.0 Å². The molecule has 0 spiro atoms. The molecule has 1 saturated heterocycles. The topological polar surface area (TPSA) is 46.6 Å². The molecule has 0 bridgehead atoms. The predicted molar refractivity (Wildman–Crippen MR) is 79.4 cm³/mol. The first-order valence-corrected chi connectivity index (χ1v) is 8.70. The van der Waals surface area contributed by atoms with Gasteiger partial charge in [-0.05, 0) is 36.5 Å². The predicted octanol–water partition coefficient (Wildman–Crippen LogP) is 2.47. The van der Waals surface area contributed by atoms with Crippen molar-refractivity contribution in [3.63, 3.8) is 0 Å². The number of halogens is 1. The first kappa shape index (κ1) is 15.8. The second-order valence-corrected chi connectivity index (χ2v) is 7.43. The first-order chi connectivity index (χ1) is 9.54. The minimum absolute atomic E-state index is 0.320. The van der Waals surface area contributed by atoms with Crippen molar-refractivity contribution in [1.82, 2.24) is 4.31 Å². The van der Waals surface area contributed by atoms with Gasteiger partial charge in [0, 0.05) is 32.7 Å². The number of benzene rings is 1. The normalized spacial score (nSPS) is 17.6. The van der Waals surface area contributed by atoms with Gasteiger partial charge in [-0.25, -0.2) is 12.7 Å². The molecule has 0 amide bonds. The lowest BCUT2D eigenvalue weighted by Gasteiger charge is -2.26. The quantitative estimate of drug-likeness (QED) is 0.784. The Morgan fingerprint density at radius 3 is 2.40 bits per heavy atom. The summed E-state index contributed by atoms with van der Waals surface area (Å²) in [4.78, 5) is 0.320. The van der Waals surface area contributed by atoms with Gasteiger partial charge in [-0.3, -0.25) is 0 Å². The monoisotopic (exact) mass is 317 g/mol. The number of rotatable bonds is 5. The van der Waals surface area contributed by atoms with E-state index in [0.717, 1.165) is 31.6 Å². The van der Waals surface area contributed by atoms with Crippen LogP contribution in [0.25, 0.3) is 0 Å². The van der Waals surface area contributed by atoms with Gasteiger partial charge in [0.1, 0.15) is 0 Å². The van der Waals surface area contributed by atoms with Crippen molar-refractivity contribution >= 4 is 21.6 Å². The number of hydrogen-bond acceptors (Lipinski definition) is 3. The lowest BCUT2D eigenvalue weighted by molar-refractivity contribution is 0.0620. The molecule has 4 nitrogen and oxygen atoms in total. The zero-order valence-corrected chi connectivity index (χ0v) is 13.2. The lowest BCUT2D eigenvalue weighted by atomic mass is 10.0. The summed E-state index contributed by atoms with van der Waals surface area (Å²) in [5.74, 6) is 0.767. The van der Waals surface area contributed by atoms with Crippen LogP contribution in [0.1, 0.15) is 18.4 Å². The van der Waals surface area contributed by atoms with E-state index in [1.807, 2.05) is 0 Å². The van der Waals surface area contributed by atoms with E-state index in [0.29, 0.717) is 23.2 Å². The Kier molecular flexibility index (Phi) is 5.43. The number of alkyl halides is 1. The van der Waals surface area contributed by atoms with Gasteiger partial charge in [0.25, 0.3) is 0 Å². The van der Waals surface area contributed by atoms with Gasteiger partial charge in [-0.1, -0.05) is 12.1 Å². The average molecular weight is 318 g/mol. The van der Waals surface area contributed by atoms with E-state index in [9.17, 15) is 8.42 Å². The van der Waals surface area contributed by atoms with E-state index in [1.54, 1.807) is 31.3 Å². The van der Waals surface area contributed by atoms with Crippen LogP contribution >= 0.6 is 11.6 Å². The fourth-order valence-corrected chi connectivity index (χ4v) is 3.75. The molecule has 0 unspecified atom stereocenters. The van der Waals surface area contributed by atoms with E-state index in [-0.39, 0.29) is 0 Å². The molecule has 20 heavy (non-hydrogen) atoms. The molecule has 0 N–H and O–H groups in total. The summed E-state index contributed by atoms with van der Waals surface area (Å²) in [6.45, 7) is 1.99.